The van der Waals surface area contributed by atoms with Gasteiger partial charge in [0.2, 0.25) is 51.4 Å². The number of rotatable bonds is 42. The van der Waals surface area contributed by atoms with Crippen molar-refractivity contribution in [2.24, 2.45) is 35.3 Å². The molecule has 2 heterocycles. The second-order valence-corrected chi connectivity index (χ2v) is 26.1. The number of nitrogens with one attached hydrogen (secondary N) is 6. The number of nitrogens with two attached hydrogens (primary N) is 1. The van der Waals surface area contributed by atoms with E-state index in [1.807, 2.05) is 60.5 Å². The Morgan fingerprint density at radius 1 is 0.725 bits per heavy atom. The number of sulfonamides is 1. The molecule has 1 aromatic rings. The number of methoxy groups -OCH3 is 2. The Labute approximate surface area is 537 Å². The Balaban J connectivity index is 1.61. The van der Waals surface area contributed by atoms with Crippen LogP contribution in [-0.2, 0) is 82.6 Å². The number of carbonyl (C=O) groups excluding carboxylic acids is 10. The molecule has 2 aliphatic rings. The average molecular weight is 1310 g/mol. The summed E-state index contributed by atoms with van der Waals surface area (Å²) in [7, 11) is 3.85. The third-order valence-corrected chi connectivity index (χ3v) is 17.5. The number of likely N-dealkylation sites (N-methyl/N-ethyl adjacent to an activating group) is 2. The number of hydrogen-bond donors (Lipinski definition) is 7. The molecule has 28 nitrogen and oxygen atoms in total. The molecular weight excluding hydrogens is 1200 g/mol. The van der Waals surface area contributed by atoms with Gasteiger partial charge in [0.05, 0.1) is 94.6 Å². The Kier molecular flexibility index (Phi) is 33.7. The highest BCUT2D eigenvalue weighted by molar-refractivity contribution is 7.89. The van der Waals surface area contributed by atoms with Crippen LogP contribution in [0.2, 0.25) is 0 Å². The highest BCUT2D eigenvalue weighted by atomic mass is 32.2. The zero-order chi connectivity index (χ0) is 68.3. The zero-order valence-corrected chi connectivity index (χ0v) is 56.5. The molecule has 0 aliphatic carbocycles. The maximum Gasteiger partial charge on any atom is 0.312 e. The van der Waals surface area contributed by atoms with Crippen LogP contribution in [0.3, 0.4) is 0 Å². The van der Waals surface area contributed by atoms with Crippen molar-refractivity contribution in [2.75, 3.05) is 100.0 Å². The summed E-state index contributed by atoms with van der Waals surface area (Å²) in [6, 6.07) is 0.280. The lowest BCUT2D eigenvalue weighted by atomic mass is 9.89. The lowest BCUT2D eigenvalue weighted by molar-refractivity contribution is -0.148. The van der Waals surface area contributed by atoms with E-state index >= 15 is 0 Å². The van der Waals surface area contributed by atoms with Gasteiger partial charge in [-0.05, 0) is 81.1 Å². The first-order valence-electron chi connectivity index (χ1n) is 31.3. The van der Waals surface area contributed by atoms with Crippen LogP contribution in [0.25, 0.3) is 0 Å². The van der Waals surface area contributed by atoms with Crippen LogP contribution in [0.4, 0.5) is 10.5 Å². The summed E-state index contributed by atoms with van der Waals surface area (Å²) in [4.78, 5) is 137. The molecule has 514 valence electrons. The van der Waals surface area contributed by atoms with Crippen molar-refractivity contribution in [3.05, 3.63) is 42.0 Å². The van der Waals surface area contributed by atoms with Gasteiger partial charge in [-0.3, -0.25) is 57.7 Å². The van der Waals surface area contributed by atoms with Gasteiger partial charge in [0, 0.05) is 58.6 Å². The predicted molar refractivity (Wildman–Crippen MR) is 339 cm³/mol. The number of urea groups is 1. The van der Waals surface area contributed by atoms with Crippen molar-refractivity contribution in [1.82, 2.24) is 45.6 Å². The number of hydrogen-bond acceptors (Lipinski definition) is 18. The number of primary amides is 1. The van der Waals surface area contributed by atoms with Crippen molar-refractivity contribution in [3.8, 4) is 0 Å². The third-order valence-electron chi connectivity index (χ3n) is 16.2. The van der Waals surface area contributed by atoms with Crippen molar-refractivity contribution >= 4 is 74.9 Å². The smallest absolute Gasteiger partial charge is 0.312 e. The summed E-state index contributed by atoms with van der Waals surface area (Å²) in [6.45, 7) is 18.1. The van der Waals surface area contributed by atoms with E-state index < -0.39 is 106 Å². The largest absolute Gasteiger partial charge is 0.379 e. The third kappa shape index (κ3) is 25.4. The van der Waals surface area contributed by atoms with Gasteiger partial charge in [-0.1, -0.05) is 80.9 Å². The standard InChI is InChI=1S/C62H103N11O17S/c1-15-41(8)55(71(12)61(82)53(39(4)5)68-60(81)54(40(6)7)70(10)11)47(86-13)36-51(77)72-28-17-19-46(72)56(87-14)42(9)57(78)69-91(84,85)37-43-20-22-44(23-21-43)65-58(79)45(18-16-27-64-62(63)83)66-59(80)52(38(2)3)67-48(74)26-30-88-32-34-90-35-33-89-31-29-73-49(75)24-25-50(73)76/h20-25,38-42,45-47,52-56H,15-19,26-37H2,1-14H3,(H,65,79)(H,66,80)(H,67,74)(H,68,81)(H,69,78)(H3,63,64,83)/t41-,42+,45-,46-,47+,52-,53-,54-,55-,56+/m0/s1. The van der Waals surface area contributed by atoms with Gasteiger partial charge < -0.3 is 65.8 Å². The summed E-state index contributed by atoms with van der Waals surface area (Å²) < 4.78 is 57.6. The fraction of sp³-hybridized carbons (Fsp3) is 0.710. The van der Waals surface area contributed by atoms with Crippen molar-refractivity contribution in [3.63, 3.8) is 0 Å². The van der Waals surface area contributed by atoms with E-state index in [4.69, 9.17) is 29.4 Å². The fourth-order valence-electron chi connectivity index (χ4n) is 11.2. The first-order chi connectivity index (χ1) is 42.9. The van der Waals surface area contributed by atoms with Crippen LogP contribution in [0.1, 0.15) is 113 Å². The molecule has 0 bridgehead atoms. The molecule has 2 aliphatic heterocycles. The minimum Gasteiger partial charge on any atom is -0.379 e. The highest BCUT2D eigenvalue weighted by Gasteiger charge is 2.44. The second kappa shape index (κ2) is 39.0. The van der Waals surface area contributed by atoms with Gasteiger partial charge >= 0.3 is 6.03 Å². The first kappa shape index (κ1) is 78.6. The highest BCUT2D eigenvalue weighted by Crippen LogP contribution is 2.30. The number of likely N-dealkylation sites (tertiary alicyclic amines) is 1. The molecular formula is C62H103N11O17S. The predicted octanol–water partition coefficient (Wildman–Crippen LogP) is 1.66. The minimum absolute atomic E-state index is 0.0188. The first-order valence-corrected chi connectivity index (χ1v) is 33.0. The van der Waals surface area contributed by atoms with E-state index in [0.29, 0.717) is 25.8 Å². The normalized spacial score (nSPS) is 17.3. The summed E-state index contributed by atoms with van der Waals surface area (Å²) >= 11 is 0. The monoisotopic (exact) mass is 1310 g/mol. The maximum absolute atomic E-state index is 14.4. The number of ether oxygens (including phenoxy) is 5. The lowest BCUT2D eigenvalue weighted by Gasteiger charge is -2.41. The minimum atomic E-state index is -4.33. The fourth-order valence-corrected chi connectivity index (χ4v) is 12.4. The molecule has 0 spiro atoms. The molecule has 1 saturated heterocycles. The van der Waals surface area contributed by atoms with E-state index in [9.17, 15) is 56.4 Å². The number of amides is 11. The second-order valence-electron chi connectivity index (χ2n) is 24.4. The average Bonchev–Trinajstić information content (AvgIpc) is 3.83. The zero-order valence-electron chi connectivity index (χ0n) is 55.7. The number of imide groups is 1. The van der Waals surface area contributed by atoms with Crippen LogP contribution in [0, 0.1) is 29.6 Å². The van der Waals surface area contributed by atoms with Gasteiger partial charge in [-0.2, -0.15) is 0 Å². The van der Waals surface area contributed by atoms with Crippen molar-refractivity contribution in [2.45, 2.75) is 161 Å². The van der Waals surface area contributed by atoms with Crippen LogP contribution >= 0.6 is 0 Å². The van der Waals surface area contributed by atoms with Gasteiger partial charge in [-0.25, -0.2) is 13.2 Å². The molecule has 29 heteroatoms. The van der Waals surface area contributed by atoms with Crippen LogP contribution in [0.5, 0.6) is 0 Å². The Morgan fingerprint density at radius 3 is 1.86 bits per heavy atom. The molecule has 0 radical (unpaired) electrons. The Morgan fingerprint density at radius 2 is 1.32 bits per heavy atom. The molecule has 0 saturated carbocycles. The summed E-state index contributed by atoms with van der Waals surface area (Å²) in [5.74, 6) is -6.79. The molecule has 91 heavy (non-hydrogen) atoms. The molecule has 11 amide bonds. The quantitative estimate of drug-likeness (QED) is 0.0361. The molecule has 1 fully saturated rings. The SMILES string of the molecule is CC[C@H](C)[C@@H]([C@@H](CC(=O)N1CCC[C@H]1[C@H](OC)[C@@H](C)C(=O)NS(=O)(=O)Cc1ccc(NC(=O)[C@H](CCCNC(N)=O)NC(=O)[C@@H](NC(=O)CCOCCOCCOCCN2C(=O)C=CC2=O)C(C)C)cc1)OC)N(C)C(=O)[C@@H](NC(=O)[C@H](C(C)C)N(C)C)C(C)C. The lowest BCUT2D eigenvalue weighted by Crippen LogP contribution is -2.59. The summed E-state index contributed by atoms with van der Waals surface area (Å²) in [6.07, 6.45) is 2.47. The van der Waals surface area contributed by atoms with Crippen molar-refractivity contribution in [1.29, 1.82) is 0 Å². The van der Waals surface area contributed by atoms with Crippen LogP contribution in [0.15, 0.2) is 36.4 Å². The van der Waals surface area contributed by atoms with Gasteiger partial charge in [0.25, 0.3) is 11.8 Å². The maximum atomic E-state index is 14.4. The van der Waals surface area contributed by atoms with E-state index in [0.717, 1.165) is 4.90 Å². The molecule has 3 rings (SSSR count). The topological polar surface area (TPSA) is 362 Å². The van der Waals surface area contributed by atoms with E-state index in [2.05, 4.69) is 31.3 Å². The molecule has 10 atom stereocenters. The summed E-state index contributed by atoms with van der Waals surface area (Å²) in [5.41, 5.74) is 5.72. The number of anilines is 1. The van der Waals surface area contributed by atoms with E-state index in [1.54, 1.807) is 30.7 Å². The number of carbonyl (C=O) groups is 10. The molecule has 1 aromatic carbocycles. The Bertz CT molecular complexity index is 2690. The summed E-state index contributed by atoms with van der Waals surface area (Å²) in [5, 5.41) is 13.6. The molecule has 0 unspecified atom stereocenters. The van der Waals surface area contributed by atoms with Gasteiger partial charge in [0.15, 0.2) is 0 Å². The van der Waals surface area contributed by atoms with Gasteiger partial charge in [0.1, 0.15) is 18.1 Å². The molecule has 0 aromatic heterocycles. The number of nitrogens with zero attached hydrogens (tertiary/aromatic N) is 4. The van der Waals surface area contributed by atoms with Crippen LogP contribution in [-0.4, -0.2) is 230 Å². The van der Waals surface area contributed by atoms with Crippen molar-refractivity contribution < 1.29 is 80.0 Å². The number of benzene rings is 1. The molecule has 8 N–H and O–H groups in total. The Hall–Kier alpha value is -6.63. The van der Waals surface area contributed by atoms with Crippen LogP contribution < -0.4 is 37.0 Å². The van der Waals surface area contributed by atoms with E-state index in [1.165, 1.54) is 57.6 Å². The van der Waals surface area contributed by atoms with Gasteiger partial charge in [-0.15, -0.1) is 0 Å². The van der Waals surface area contributed by atoms with E-state index in [-0.39, 0.29) is 137 Å².